The van der Waals surface area contributed by atoms with Crippen molar-refractivity contribution in [3.63, 3.8) is 0 Å². The van der Waals surface area contributed by atoms with E-state index in [4.69, 9.17) is 5.73 Å². The van der Waals surface area contributed by atoms with Crippen LogP contribution in [0.25, 0.3) is 0 Å². The number of nitrogens with two attached hydrogens (primary N) is 1. The highest BCUT2D eigenvalue weighted by Crippen LogP contribution is 2.26. The Kier molecular flexibility index (Phi) is 7.00. The van der Waals surface area contributed by atoms with Gasteiger partial charge in [0.2, 0.25) is 11.8 Å². The highest BCUT2D eigenvalue weighted by Gasteiger charge is 2.31. The molecule has 0 aliphatic carbocycles. The second-order valence-electron chi connectivity index (χ2n) is 8.13. The largest absolute Gasteiger partial charge is 0.369 e. The summed E-state index contributed by atoms with van der Waals surface area (Å²) in [4.78, 5) is 26.1. The molecule has 2 amide bonds. The molecule has 2 aromatic rings. The fraction of sp³-hybridized carbons (Fsp3) is 0.391. The van der Waals surface area contributed by atoms with Gasteiger partial charge in [0.25, 0.3) is 10.0 Å². The number of rotatable bonds is 7. The van der Waals surface area contributed by atoms with Crippen molar-refractivity contribution in [3.05, 3.63) is 60.2 Å². The van der Waals surface area contributed by atoms with Crippen molar-refractivity contribution in [3.8, 4) is 0 Å². The number of likely N-dealkylation sites (tertiary alicyclic amines) is 1. The Morgan fingerprint density at radius 3 is 2.13 bits per heavy atom. The minimum absolute atomic E-state index is 0.128. The van der Waals surface area contributed by atoms with Crippen molar-refractivity contribution in [1.82, 2.24) is 4.90 Å². The number of piperidine rings is 1. The molecule has 0 unspecified atom stereocenters. The summed E-state index contributed by atoms with van der Waals surface area (Å²) in [7, 11) is -3.93. The van der Waals surface area contributed by atoms with Gasteiger partial charge < -0.3 is 10.6 Å². The first-order valence-electron chi connectivity index (χ1n) is 10.4. The predicted octanol–water partition coefficient (Wildman–Crippen LogP) is 2.73. The predicted molar refractivity (Wildman–Crippen MR) is 120 cm³/mol. The number of benzene rings is 2. The van der Waals surface area contributed by atoms with Gasteiger partial charge in [-0.05, 0) is 48.6 Å². The fourth-order valence-electron chi connectivity index (χ4n) is 3.70. The van der Waals surface area contributed by atoms with E-state index < -0.39 is 10.0 Å². The van der Waals surface area contributed by atoms with Gasteiger partial charge >= 0.3 is 0 Å². The number of sulfonamides is 1. The molecule has 0 saturated carbocycles. The number of amides is 2. The van der Waals surface area contributed by atoms with E-state index in [2.05, 4.69) is 13.8 Å². The van der Waals surface area contributed by atoms with Gasteiger partial charge in [-0.1, -0.05) is 44.2 Å². The number of hydrogen-bond donors (Lipinski definition) is 1. The number of carbonyl (C=O) groups excluding carboxylic acids is 2. The Hall–Kier alpha value is -2.87. The lowest BCUT2D eigenvalue weighted by molar-refractivity contribution is -0.133. The zero-order valence-corrected chi connectivity index (χ0v) is 18.7. The highest BCUT2D eigenvalue weighted by molar-refractivity contribution is 7.92. The molecule has 2 aromatic carbocycles. The SMILES string of the molecule is CC(C)c1ccc(N(CC(=O)N2CCC(C(N)=O)CC2)S(=O)(=O)c2ccccc2)cc1. The summed E-state index contributed by atoms with van der Waals surface area (Å²) in [5.41, 5.74) is 6.89. The van der Waals surface area contributed by atoms with Crippen molar-refractivity contribution >= 4 is 27.5 Å². The summed E-state index contributed by atoms with van der Waals surface area (Å²) >= 11 is 0. The topological polar surface area (TPSA) is 101 Å². The number of hydrogen-bond acceptors (Lipinski definition) is 4. The van der Waals surface area contributed by atoms with Crippen LogP contribution in [0.3, 0.4) is 0 Å². The molecule has 0 aromatic heterocycles. The van der Waals surface area contributed by atoms with Crippen LogP contribution < -0.4 is 10.0 Å². The lowest BCUT2D eigenvalue weighted by Crippen LogP contribution is -2.47. The highest BCUT2D eigenvalue weighted by atomic mass is 32.2. The molecular formula is C23H29N3O4S. The average molecular weight is 444 g/mol. The fourth-order valence-corrected chi connectivity index (χ4v) is 5.13. The van der Waals surface area contributed by atoms with Crippen LogP contribution in [0.5, 0.6) is 0 Å². The molecular weight excluding hydrogens is 414 g/mol. The van der Waals surface area contributed by atoms with E-state index in [1.165, 1.54) is 12.1 Å². The molecule has 1 aliphatic heterocycles. The molecule has 3 rings (SSSR count). The molecule has 2 N–H and O–H groups in total. The third-order valence-electron chi connectivity index (χ3n) is 5.71. The van der Waals surface area contributed by atoms with Gasteiger partial charge in [-0.2, -0.15) is 0 Å². The van der Waals surface area contributed by atoms with Crippen molar-refractivity contribution in [2.24, 2.45) is 11.7 Å². The maximum absolute atomic E-state index is 13.4. The van der Waals surface area contributed by atoms with Crippen LogP contribution in [0, 0.1) is 5.92 Å². The summed E-state index contributed by atoms with van der Waals surface area (Å²) in [6, 6.07) is 15.3. The molecule has 1 heterocycles. The molecule has 1 aliphatic rings. The molecule has 1 fully saturated rings. The van der Waals surface area contributed by atoms with E-state index in [1.54, 1.807) is 35.2 Å². The van der Waals surface area contributed by atoms with Crippen LogP contribution in [-0.4, -0.2) is 44.8 Å². The molecule has 0 radical (unpaired) electrons. The first-order chi connectivity index (χ1) is 14.7. The second kappa shape index (κ2) is 9.51. The Balaban J connectivity index is 1.87. The van der Waals surface area contributed by atoms with Crippen LogP contribution in [-0.2, 0) is 19.6 Å². The van der Waals surface area contributed by atoms with Gasteiger partial charge in [0.1, 0.15) is 6.54 Å². The van der Waals surface area contributed by atoms with Crippen molar-refractivity contribution in [2.75, 3.05) is 23.9 Å². The van der Waals surface area contributed by atoms with E-state index >= 15 is 0 Å². The molecule has 31 heavy (non-hydrogen) atoms. The summed E-state index contributed by atoms with van der Waals surface area (Å²) in [6.45, 7) is 4.59. The smallest absolute Gasteiger partial charge is 0.264 e. The van der Waals surface area contributed by atoms with Crippen molar-refractivity contribution in [1.29, 1.82) is 0 Å². The standard InChI is InChI=1S/C23H29N3O4S/c1-17(2)18-8-10-20(11-9-18)26(31(29,30)21-6-4-3-5-7-21)16-22(27)25-14-12-19(13-15-25)23(24)28/h3-11,17,19H,12-16H2,1-2H3,(H2,24,28). The molecule has 1 saturated heterocycles. The zero-order valence-electron chi connectivity index (χ0n) is 17.9. The van der Waals surface area contributed by atoms with Crippen LogP contribution in [0.2, 0.25) is 0 Å². The average Bonchev–Trinajstić information content (AvgIpc) is 2.78. The number of primary amides is 1. The maximum Gasteiger partial charge on any atom is 0.264 e. The van der Waals surface area contributed by atoms with Crippen molar-refractivity contribution in [2.45, 2.75) is 37.5 Å². The van der Waals surface area contributed by atoms with E-state index in [1.807, 2.05) is 12.1 Å². The van der Waals surface area contributed by atoms with Gasteiger partial charge in [0.05, 0.1) is 10.6 Å². The minimum atomic E-state index is -3.93. The van der Waals surface area contributed by atoms with E-state index in [0.29, 0.717) is 37.5 Å². The number of anilines is 1. The normalized spacial score (nSPS) is 15.1. The minimum Gasteiger partial charge on any atom is -0.369 e. The van der Waals surface area contributed by atoms with Gasteiger partial charge in [0.15, 0.2) is 0 Å². The van der Waals surface area contributed by atoms with Crippen LogP contribution in [0.4, 0.5) is 5.69 Å². The lowest BCUT2D eigenvalue weighted by atomic mass is 9.96. The molecule has 0 atom stereocenters. The van der Waals surface area contributed by atoms with Gasteiger partial charge in [0, 0.05) is 19.0 Å². The summed E-state index contributed by atoms with van der Waals surface area (Å²) in [5, 5.41) is 0. The summed E-state index contributed by atoms with van der Waals surface area (Å²) in [5.74, 6) is -0.584. The van der Waals surface area contributed by atoms with Gasteiger partial charge in [-0.25, -0.2) is 8.42 Å². The number of carbonyl (C=O) groups is 2. The van der Waals surface area contributed by atoms with Gasteiger partial charge in [-0.3, -0.25) is 13.9 Å². The third kappa shape index (κ3) is 5.25. The zero-order chi connectivity index (χ0) is 22.6. The second-order valence-corrected chi connectivity index (χ2v) is 9.99. The molecule has 166 valence electrons. The molecule has 7 nitrogen and oxygen atoms in total. The van der Waals surface area contributed by atoms with E-state index in [0.717, 1.165) is 9.87 Å². The van der Waals surface area contributed by atoms with E-state index in [9.17, 15) is 18.0 Å². The maximum atomic E-state index is 13.4. The van der Waals surface area contributed by atoms with E-state index in [-0.39, 0.29) is 29.2 Å². The number of nitrogens with zero attached hydrogens (tertiary/aromatic N) is 2. The van der Waals surface area contributed by atoms with Crippen molar-refractivity contribution < 1.29 is 18.0 Å². The first kappa shape index (κ1) is 22.8. The molecule has 0 spiro atoms. The third-order valence-corrected chi connectivity index (χ3v) is 7.50. The lowest BCUT2D eigenvalue weighted by Gasteiger charge is -2.33. The van der Waals surface area contributed by atoms with Crippen LogP contribution in [0.1, 0.15) is 38.2 Å². The Morgan fingerprint density at radius 2 is 1.61 bits per heavy atom. The Bertz CT molecular complexity index is 1010. The van der Waals surface area contributed by atoms with Crippen LogP contribution >= 0.6 is 0 Å². The quantitative estimate of drug-likeness (QED) is 0.711. The monoisotopic (exact) mass is 443 g/mol. The summed E-state index contributed by atoms with van der Waals surface area (Å²) < 4.78 is 28.0. The molecule has 8 heteroatoms. The Morgan fingerprint density at radius 1 is 1.03 bits per heavy atom. The molecule has 0 bridgehead atoms. The Labute approximate surface area is 183 Å². The summed E-state index contributed by atoms with van der Waals surface area (Å²) in [6.07, 6.45) is 0.991. The first-order valence-corrected chi connectivity index (χ1v) is 11.9. The van der Waals surface area contributed by atoms with Gasteiger partial charge in [-0.15, -0.1) is 0 Å². The van der Waals surface area contributed by atoms with Crippen LogP contribution in [0.15, 0.2) is 59.5 Å².